The van der Waals surface area contributed by atoms with E-state index in [0.29, 0.717) is 18.8 Å². The van der Waals surface area contributed by atoms with Crippen molar-refractivity contribution in [3.05, 3.63) is 12.2 Å². The average molecular weight is 253 g/mol. The SMILES string of the molecule is CC(NC(=O)CCN1CCCCO1)c1ncn[nH]1. The van der Waals surface area contributed by atoms with Crippen LogP contribution in [0.3, 0.4) is 0 Å². The van der Waals surface area contributed by atoms with Crippen molar-refractivity contribution in [1.82, 2.24) is 25.6 Å². The van der Waals surface area contributed by atoms with Crippen LogP contribution in [0.1, 0.15) is 38.1 Å². The Morgan fingerprint density at radius 3 is 3.22 bits per heavy atom. The van der Waals surface area contributed by atoms with Gasteiger partial charge in [0.15, 0.2) is 0 Å². The van der Waals surface area contributed by atoms with Crippen LogP contribution in [0.15, 0.2) is 6.33 Å². The fourth-order valence-electron chi connectivity index (χ4n) is 1.86. The Morgan fingerprint density at radius 1 is 1.67 bits per heavy atom. The van der Waals surface area contributed by atoms with Gasteiger partial charge in [0.25, 0.3) is 0 Å². The minimum absolute atomic E-state index is 0.00641. The maximum Gasteiger partial charge on any atom is 0.221 e. The Balaban J connectivity index is 1.68. The molecule has 2 N–H and O–H groups in total. The van der Waals surface area contributed by atoms with Gasteiger partial charge in [0.05, 0.1) is 12.6 Å². The van der Waals surface area contributed by atoms with Crippen LogP contribution in [0.2, 0.25) is 0 Å². The summed E-state index contributed by atoms with van der Waals surface area (Å²) in [6.45, 7) is 4.17. The Kier molecular flexibility index (Phi) is 4.66. The molecule has 0 aromatic carbocycles. The van der Waals surface area contributed by atoms with Gasteiger partial charge in [-0.3, -0.25) is 14.7 Å². The zero-order valence-electron chi connectivity index (χ0n) is 10.6. The lowest BCUT2D eigenvalue weighted by Crippen LogP contribution is -2.35. The number of nitrogens with one attached hydrogen (secondary N) is 2. The number of rotatable bonds is 5. The fourth-order valence-corrected chi connectivity index (χ4v) is 1.86. The van der Waals surface area contributed by atoms with E-state index in [9.17, 15) is 4.79 Å². The van der Waals surface area contributed by atoms with Gasteiger partial charge >= 0.3 is 0 Å². The van der Waals surface area contributed by atoms with Crippen molar-refractivity contribution in [3.63, 3.8) is 0 Å². The molecule has 1 atom stereocenters. The van der Waals surface area contributed by atoms with Gasteiger partial charge in [-0.05, 0) is 19.8 Å². The molecule has 0 spiro atoms. The molecule has 7 nitrogen and oxygen atoms in total. The molecule has 1 aliphatic rings. The van der Waals surface area contributed by atoms with E-state index in [1.807, 2.05) is 12.0 Å². The van der Waals surface area contributed by atoms with Crippen LogP contribution in [0.4, 0.5) is 0 Å². The van der Waals surface area contributed by atoms with Crippen molar-refractivity contribution in [2.24, 2.45) is 0 Å². The average Bonchev–Trinajstić information content (AvgIpc) is 2.91. The first kappa shape index (κ1) is 13.0. The van der Waals surface area contributed by atoms with Gasteiger partial charge in [0, 0.05) is 19.5 Å². The van der Waals surface area contributed by atoms with Gasteiger partial charge in [-0.25, -0.2) is 4.98 Å². The summed E-state index contributed by atoms with van der Waals surface area (Å²) >= 11 is 0. The summed E-state index contributed by atoms with van der Waals surface area (Å²) in [6.07, 6.45) is 4.10. The van der Waals surface area contributed by atoms with Gasteiger partial charge in [0.1, 0.15) is 12.2 Å². The Hall–Kier alpha value is -1.47. The number of amides is 1. The lowest BCUT2D eigenvalue weighted by Gasteiger charge is -2.25. The normalized spacial score (nSPS) is 18.5. The predicted octanol–water partition coefficient (Wildman–Crippen LogP) is 0.399. The predicted molar refractivity (Wildman–Crippen MR) is 64.3 cm³/mol. The van der Waals surface area contributed by atoms with Crippen molar-refractivity contribution >= 4 is 5.91 Å². The number of aromatic amines is 1. The maximum absolute atomic E-state index is 11.7. The van der Waals surface area contributed by atoms with Crippen LogP contribution in [0.25, 0.3) is 0 Å². The number of carbonyl (C=O) groups is 1. The summed E-state index contributed by atoms with van der Waals surface area (Å²) in [4.78, 5) is 21.2. The number of hydrogen-bond donors (Lipinski definition) is 2. The third-order valence-electron chi connectivity index (χ3n) is 2.89. The van der Waals surface area contributed by atoms with Crippen molar-refractivity contribution in [1.29, 1.82) is 0 Å². The number of hydrogen-bond acceptors (Lipinski definition) is 5. The number of H-pyrrole nitrogens is 1. The highest BCUT2D eigenvalue weighted by molar-refractivity contribution is 5.76. The molecule has 18 heavy (non-hydrogen) atoms. The number of hydroxylamine groups is 2. The van der Waals surface area contributed by atoms with Gasteiger partial charge in [-0.1, -0.05) is 0 Å². The number of aromatic nitrogens is 3. The van der Waals surface area contributed by atoms with E-state index in [0.717, 1.165) is 26.0 Å². The molecule has 1 aromatic heterocycles. The number of carbonyl (C=O) groups excluding carboxylic acids is 1. The third kappa shape index (κ3) is 3.78. The summed E-state index contributed by atoms with van der Waals surface area (Å²) in [5.74, 6) is 0.658. The smallest absolute Gasteiger partial charge is 0.221 e. The first-order valence-corrected chi connectivity index (χ1v) is 6.28. The first-order chi connectivity index (χ1) is 8.75. The molecule has 1 amide bonds. The Bertz CT molecular complexity index is 362. The standard InChI is InChI=1S/C11H19N5O2/c1-9(11-12-8-13-15-11)14-10(17)4-6-16-5-2-3-7-18-16/h8-9H,2-7H2,1H3,(H,14,17)(H,12,13,15). The molecule has 0 bridgehead atoms. The molecule has 0 saturated carbocycles. The monoisotopic (exact) mass is 253 g/mol. The second-order valence-electron chi connectivity index (χ2n) is 4.38. The molecule has 1 aromatic rings. The van der Waals surface area contributed by atoms with E-state index >= 15 is 0 Å². The third-order valence-corrected chi connectivity index (χ3v) is 2.89. The molecule has 1 unspecified atom stereocenters. The lowest BCUT2D eigenvalue weighted by molar-refractivity contribution is -0.181. The Morgan fingerprint density at radius 2 is 2.56 bits per heavy atom. The maximum atomic E-state index is 11.7. The molecule has 7 heteroatoms. The zero-order chi connectivity index (χ0) is 12.8. The van der Waals surface area contributed by atoms with Crippen LogP contribution in [0.5, 0.6) is 0 Å². The van der Waals surface area contributed by atoms with Crippen LogP contribution in [-0.2, 0) is 9.63 Å². The molecule has 100 valence electrons. The Labute approximate surface area is 106 Å². The number of nitrogens with zero attached hydrogens (tertiary/aromatic N) is 3. The summed E-state index contributed by atoms with van der Waals surface area (Å²) in [6, 6.07) is -0.151. The van der Waals surface area contributed by atoms with E-state index < -0.39 is 0 Å². The van der Waals surface area contributed by atoms with E-state index in [4.69, 9.17) is 4.84 Å². The molecule has 2 rings (SSSR count). The summed E-state index contributed by atoms with van der Waals surface area (Å²) in [5, 5.41) is 11.2. The van der Waals surface area contributed by atoms with Crippen molar-refractivity contribution < 1.29 is 9.63 Å². The van der Waals surface area contributed by atoms with E-state index in [1.54, 1.807) is 0 Å². The van der Waals surface area contributed by atoms with Crippen LogP contribution in [0, 0.1) is 0 Å². The second-order valence-corrected chi connectivity index (χ2v) is 4.38. The van der Waals surface area contributed by atoms with Crippen molar-refractivity contribution in [2.45, 2.75) is 32.2 Å². The quantitative estimate of drug-likeness (QED) is 0.793. The highest BCUT2D eigenvalue weighted by Gasteiger charge is 2.15. The molecule has 0 aliphatic carbocycles. The summed E-state index contributed by atoms with van der Waals surface area (Å²) < 4.78 is 0. The highest BCUT2D eigenvalue weighted by atomic mass is 16.7. The minimum Gasteiger partial charge on any atom is -0.346 e. The van der Waals surface area contributed by atoms with Crippen LogP contribution >= 0.6 is 0 Å². The van der Waals surface area contributed by atoms with Crippen molar-refractivity contribution in [3.8, 4) is 0 Å². The topological polar surface area (TPSA) is 83.1 Å². The minimum atomic E-state index is -0.151. The highest BCUT2D eigenvalue weighted by Crippen LogP contribution is 2.07. The van der Waals surface area contributed by atoms with Gasteiger partial charge in [-0.15, -0.1) is 0 Å². The molecular formula is C11H19N5O2. The molecule has 2 heterocycles. The molecule has 1 fully saturated rings. The van der Waals surface area contributed by atoms with E-state index in [1.165, 1.54) is 6.33 Å². The van der Waals surface area contributed by atoms with Crippen LogP contribution < -0.4 is 5.32 Å². The zero-order valence-corrected chi connectivity index (χ0v) is 10.6. The molecular weight excluding hydrogens is 234 g/mol. The summed E-state index contributed by atoms with van der Waals surface area (Å²) in [7, 11) is 0. The van der Waals surface area contributed by atoms with Crippen LogP contribution in [-0.4, -0.2) is 45.8 Å². The fraction of sp³-hybridized carbons (Fsp3) is 0.727. The van der Waals surface area contributed by atoms with E-state index in [-0.39, 0.29) is 11.9 Å². The van der Waals surface area contributed by atoms with E-state index in [2.05, 4.69) is 20.5 Å². The van der Waals surface area contributed by atoms with Crippen molar-refractivity contribution in [2.75, 3.05) is 19.7 Å². The molecule has 1 aliphatic heterocycles. The van der Waals surface area contributed by atoms with Gasteiger partial charge < -0.3 is 5.32 Å². The largest absolute Gasteiger partial charge is 0.346 e. The first-order valence-electron chi connectivity index (χ1n) is 6.28. The second kappa shape index (κ2) is 6.46. The lowest BCUT2D eigenvalue weighted by atomic mass is 10.2. The van der Waals surface area contributed by atoms with Gasteiger partial charge in [-0.2, -0.15) is 10.2 Å². The molecule has 1 saturated heterocycles. The van der Waals surface area contributed by atoms with Gasteiger partial charge in [0.2, 0.25) is 5.91 Å². The summed E-state index contributed by atoms with van der Waals surface area (Å²) in [5.41, 5.74) is 0. The molecule has 0 radical (unpaired) electrons.